The van der Waals surface area contributed by atoms with Gasteiger partial charge in [-0.25, -0.2) is 9.97 Å². The van der Waals surface area contributed by atoms with Crippen LogP contribution in [0.5, 0.6) is 11.5 Å². The largest absolute Gasteiger partial charge is 0.497 e. The number of nitrogens with zero attached hydrogens (tertiary/aromatic N) is 2. The van der Waals surface area contributed by atoms with Gasteiger partial charge in [-0.2, -0.15) is 0 Å². The lowest BCUT2D eigenvalue weighted by Crippen LogP contribution is -2.13. The number of aromatic nitrogens is 2. The summed E-state index contributed by atoms with van der Waals surface area (Å²) in [6, 6.07) is 15.2. The molecule has 0 radical (unpaired) electrons. The van der Waals surface area contributed by atoms with Gasteiger partial charge in [0.2, 0.25) is 5.91 Å². The van der Waals surface area contributed by atoms with Crippen molar-refractivity contribution in [2.24, 2.45) is 0 Å². The van der Waals surface area contributed by atoms with Crippen LogP contribution in [0.1, 0.15) is 12.0 Å². The van der Waals surface area contributed by atoms with Gasteiger partial charge in [0.05, 0.1) is 32.3 Å². The molecule has 0 saturated heterocycles. The van der Waals surface area contributed by atoms with Gasteiger partial charge in [0.15, 0.2) is 5.82 Å². The molecular weight excluding hydrogens is 342 g/mol. The first-order valence-electron chi connectivity index (χ1n) is 8.58. The predicted octanol–water partition coefficient (Wildman–Crippen LogP) is 3.73. The van der Waals surface area contributed by atoms with Crippen molar-refractivity contribution in [3.05, 3.63) is 66.5 Å². The lowest BCUT2D eigenvalue weighted by atomic mass is 10.1. The van der Waals surface area contributed by atoms with E-state index < -0.39 is 0 Å². The molecule has 2 aromatic carbocycles. The van der Waals surface area contributed by atoms with Crippen molar-refractivity contribution in [3.63, 3.8) is 0 Å². The maximum atomic E-state index is 12.3. The molecular formula is C21H21N3O3. The predicted molar refractivity (Wildman–Crippen MR) is 104 cm³/mol. The van der Waals surface area contributed by atoms with Gasteiger partial charge in [-0.15, -0.1) is 0 Å². The number of rotatable bonds is 7. The van der Waals surface area contributed by atoms with Crippen LogP contribution in [0.2, 0.25) is 0 Å². The molecule has 27 heavy (non-hydrogen) atoms. The third-order valence-electron chi connectivity index (χ3n) is 4.08. The Hall–Kier alpha value is -3.41. The minimum Gasteiger partial charge on any atom is -0.497 e. The highest BCUT2D eigenvalue weighted by atomic mass is 16.5. The minimum absolute atomic E-state index is 0.115. The second-order valence-electron chi connectivity index (χ2n) is 5.89. The molecule has 6 nitrogen and oxygen atoms in total. The smallest absolute Gasteiger partial charge is 0.224 e. The average Bonchev–Trinajstić information content (AvgIpc) is 2.73. The summed E-state index contributed by atoms with van der Waals surface area (Å²) in [6.07, 6.45) is 4.07. The highest BCUT2D eigenvalue weighted by Crippen LogP contribution is 2.25. The first-order chi connectivity index (χ1) is 13.2. The number of hydrogen-bond donors (Lipinski definition) is 1. The second-order valence-corrected chi connectivity index (χ2v) is 5.89. The number of ether oxygens (including phenoxy) is 2. The number of methoxy groups -OCH3 is 2. The Bertz CT molecular complexity index is 896. The van der Waals surface area contributed by atoms with Crippen molar-refractivity contribution >= 4 is 11.6 Å². The Labute approximate surface area is 158 Å². The van der Waals surface area contributed by atoms with Crippen molar-refractivity contribution in [1.82, 2.24) is 9.97 Å². The summed E-state index contributed by atoms with van der Waals surface area (Å²) in [5.41, 5.74) is 2.42. The van der Waals surface area contributed by atoms with Crippen LogP contribution in [-0.2, 0) is 11.2 Å². The van der Waals surface area contributed by atoms with Crippen molar-refractivity contribution in [1.29, 1.82) is 0 Å². The van der Waals surface area contributed by atoms with E-state index in [4.69, 9.17) is 9.47 Å². The maximum absolute atomic E-state index is 12.3. The summed E-state index contributed by atoms with van der Waals surface area (Å²) >= 11 is 0. The molecule has 1 aromatic heterocycles. The summed E-state index contributed by atoms with van der Waals surface area (Å²) in [4.78, 5) is 20.9. The Morgan fingerprint density at radius 1 is 1.00 bits per heavy atom. The molecule has 3 rings (SSSR count). The molecule has 0 aliphatic heterocycles. The SMILES string of the molecule is COc1ccc(OC)c(CCC(=O)Nc2cnc(-c3ccccc3)nc2)c1. The molecule has 0 atom stereocenters. The van der Waals surface area contributed by atoms with Crippen LogP contribution >= 0.6 is 0 Å². The molecule has 0 bridgehead atoms. The van der Waals surface area contributed by atoms with E-state index in [1.807, 2.05) is 48.5 Å². The van der Waals surface area contributed by atoms with Gasteiger partial charge in [0, 0.05) is 12.0 Å². The van der Waals surface area contributed by atoms with Crippen LogP contribution in [-0.4, -0.2) is 30.1 Å². The molecule has 6 heteroatoms. The van der Waals surface area contributed by atoms with E-state index in [1.54, 1.807) is 26.6 Å². The average molecular weight is 363 g/mol. The van der Waals surface area contributed by atoms with Gasteiger partial charge < -0.3 is 14.8 Å². The summed E-state index contributed by atoms with van der Waals surface area (Å²) in [5.74, 6) is 1.97. The number of carbonyl (C=O) groups is 1. The lowest BCUT2D eigenvalue weighted by Gasteiger charge is -2.10. The number of hydrogen-bond acceptors (Lipinski definition) is 5. The van der Waals surface area contributed by atoms with Gasteiger partial charge >= 0.3 is 0 Å². The zero-order chi connectivity index (χ0) is 19.1. The summed E-state index contributed by atoms with van der Waals surface area (Å²) < 4.78 is 10.6. The van der Waals surface area contributed by atoms with E-state index in [-0.39, 0.29) is 5.91 Å². The third-order valence-corrected chi connectivity index (χ3v) is 4.08. The van der Waals surface area contributed by atoms with Crippen LogP contribution in [0.15, 0.2) is 60.9 Å². The Morgan fingerprint density at radius 2 is 1.74 bits per heavy atom. The van der Waals surface area contributed by atoms with Crippen LogP contribution < -0.4 is 14.8 Å². The zero-order valence-electron chi connectivity index (χ0n) is 15.3. The first-order valence-corrected chi connectivity index (χ1v) is 8.58. The number of aryl methyl sites for hydroxylation is 1. The molecule has 1 N–H and O–H groups in total. The van der Waals surface area contributed by atoms with Crippen LogP contribution in [0.4, 0.5) is 5.69 Å². The van der Waals surface area contributed by atoms with E-state index in [9.17, 15) is 4.79 Å². The quantitative estimate of drug-likeness (QED) is 0.692. The highest BCUT2D eigenvalue weighted by molar-refractivity contribution is 5.90. The number of benzene rings is 2. The van der Waals surface area contributed by atoms with Gasteiger partial charge in [-0.3, -0.25) is 4.79 Å². The molecule has 0 saturated carbocycles. The van der Waals surface area contributed by atoms with Crippen molar-refractivity contribution in [2.75, 3.05) is 19.5 Å². The molecule has 138 valence electrons. The Kier molecular flexibility index (Phi) is 5.99. The van der Waals surface area contributed by atoms with Crippen LogP contribution in [0, 0.1) is 0 Å². The summed E-state index contributed by atoms with van der Waals surface area (Å²) in [7, 11) is 3.22. The van der Waals surface area contributed by atoms with Gasteiger partial charge in [-0.05, 0) is 30.2 Å². The van der Waals surface area contributed by atoms with Gasteiger partial charge in [0.25, 0.3) is 0 Å². The Balaban J connectivity index is 1.60. The van der Waals surface area contributed by atoms with E-state index in [0.29, 0.717) is 24.4 Å². The van der Waals surface area contributed by atoms with Crippen LogP contribution in [0.25, 0.3) is 11.4 Å². The topological polar surface area (TPSA) is 73.3 Å². The van der Waals surface area contributed by atoms with Gasteiger partial charge in [0.1, 0.15) is 11.5 Å². The second kappa shape index (κ2) is 8.80. The number of anilines is 1. The molecule has 1 amide bonds. The van der Waals surface area contributed by atoms with Crippen LogP contribution in [0.3, 0.4) is 0 Å². The fourth-order valence-corrected chi connectivity index (χ4v) is 2.68. The maximum Gasteiger partial charge on any atom is 0.224 e. The molecule has 3 aromatic rings. The van der Waals surface area contributed by atoms with Crippen molar-refractivity contribution < 1.29 is 14.3 Å². The van der Waals surface area contributed by atoms with Gasteiger partial charge in [-0.1, -0.05) is 30.3 Å². The monoisotopic (exact) mass is 363 g/mol. The fourth-order valence-electron chi connectivity index (χ4n) is 2.68. The highest BCUT2D eigenvalue weighted by Gasteiger charge is 2.09. The van der Waals surface area contributed by atoms with Crippen molar-refractivity contribution in [2.45, 2.75) is 12.8 Å². The Morgan fingerprint density at radius 3 is 2.41 bits per heavy atom. The molecule has 0 aliphatic rings. The lowest BCUT2D eigenvalue weighted by molar-refractivity contribution is -0.116. The first kappa shape index (κ1) is 18.4. The third kappa shape index (κ3) is 4.82. The number of carbonyl (C=O) groups excluding carboxylic acids is 1. The van der Waals surface area contributed by atoms with E-state index in [2.05, 4.69) is 15.3 Å². The summed E-state index contributed by atoms with van der Waals surface area (Å²) in [6.45, 7) is 0. The number of amides is 1. The molecule has 0 aliphatic carbocycles. The molecule has 0 fully saturated rings. The molecule has 0 spiro atoms. The minimum atomic E-state index is -0.115. The molecule has 1 heterocycles. The summed E-state index contributed by atoms with van der Waals surface area (Å²) in [5, 5.41) is 2.82. The van der Waals surface area contributed by atoms with Crippen molar-refractivity contribution in [3.8, 4) is 22.9 Å². The standard InChI is InChI=1S/C21H21N3O3/c1-26-18-9-10-19(27-2)16(12-18)8-11-20(25)24-17-13-22-21(23-14-17)15-6-4-3-5-7-15/h3-7,9-10,12-14H,8,11H2,1-2H3,(H,24,25). The normalized spacial score (nSPS) is 10.3. The van der Waals surface area contributed by atoms with E-state index >= 15 is 0 Å². The van der Waals surface area contributed by atoms with E-state index in [1.165, 1.54) is 0 Å². The molecule has 0 unspecified atom stereocenters. The fraction of sp³-hybridized carbons (Fsp3) is 0.190. The number of nitrogens with one attached hydrogen (secondary N) is 1. The zero-order valence-corrected chi connectivity index (χ0v) is 15.3. The van der Waals surface area contributed by atoms with E-state index in [0.717, 1.165) is 22.6 Å².